The first-order chi connectivity index (χ1) is 26.0. The van der Waals surface area contributed by atoms with Gasteiger partial charge in [0.15, 0.2) is 0 Å². The van der Waals surface area contributed by atoms with Crippen LogP contribution in [0.3, 0.4) is 0 Å². The van der Waals surface area contributed by atoms with Gasteiger partial charge >= 0.3 is 0 Å². The van der Waals surface area contributed by atoms with E-state index >= 15 is 0 Å². The van der Waals surface area contributed by atoms with Crippen molar-refractivity contribution in [2.75, 3.05) is 7.05 Å². The highest BCUT2D eigenvalue weighted by molar-refractivity contribution is 5.87. The van der Waals surface area contributed by atoms with E-state index in [9.17, 15) is 0 Å². The van der Waals surface area contributed by atoms with Gasteiger partial charge in [0.05, 0.1) is 0 Å². The standard InChI is InChI=1S/C43H35N.C7H8.CH5N/c1-28-11-12-33(22-24-42(44)32-8-3-2-4-9-32)43-40(28)27-37-20-18-35(26-41(37)43)30-15-13-29(14-16-30)34-21-23-39-36(25-34)19-17-31-7-5-6-10-38(31)39;1-7-5-3-2-4-6-7;1-2/h2-6,8-21,23-26,31H,7,22,27,44H2,1H3;2-6H,1H3;2H2,1H3/b42-24-;;. The molecule has 0 bridgehead atoms. The lowest BCUT2D eigenvalue weighted by molar-refractivity contribution is 0.842. The van der Waals surface area contributed by atoms with Gasteiger partial charge in [-0.2, -0.15) is 0 Å². The summed E-state index contributed by atoms with van der Waals surface area (Å²) in [7, 11) is 1.50. The summed E-state index contributed by atoms with van der Waals surface area (Å²) >= 11 is 0. The molecule has 0 aliphatic heterocycles. The molecular weight excluding hydrogens is 641 g/mol. The summed E-state index contributed by atoms with van der Waals surface area (Å²) < 4.78 is 0. The summed E-state index contributed by atoms with van der Waals surface area (Å²) in [6, 6.07) is 48.1. The lowest BCUT2D eigenvalue weighted by Crippen LogP contribution is -2.07. The van der Waals surface area contributed by atoms with Crippen LogP contribution < -0.4 is 11.5 Å². The van der Waals surface area contributed by atoms with Gasteiger partial charge in [0.25, 0.3) is 0 Å². The van der Waals surface area contributed by atoms with Crippen LogP contribution in [0.1, 0.15) is 50.9 Å². The molecule has 3 aliphatic rings. The smallest absolute Gasteiger partial charge is 0.0350 e. The fraction of sp³-hybridized carbons (Fsp3) is 0.137. The van der Waals surface area contributed by atoms with Crippen LogP contribution in [-0.2, 0) is 12.8 Å². The molecule has 9 rings (SSSR count). The van der Waals surface area contributed by atoms with Gasteiger partial charge in [-0.15, -0.1) is 0 Å². The van der Waals surface area contributed by atoms with Gasteiger partial charge in [0.1, 0.15) is 0 Å². The summed E-state index contributed by atoms with van der Waals surface area (Å²) in [5, 5.41) is 0. The highest BCUT2D eigenvalue weighted by Gasteiger charge is 2.24. The Morgan fingerprint density at radius 3 is 2.06 bits per heavy atom. The van der Waals surface area contributed by atoms with Gasteiger partial charge in [-0.3, -0.25) is 0 Å². The Kier molecular flexibility index (Phi) is 10.8. The number of allylic oxidation sites excluding steroid dienone is 6. The van der Waals surface area contributed by atoms with E-state index in [1.165, 1.54) is 84.9 Å². The molecule has 0 saturated carbocycles. The SMILES string of the molecule is CN.Cc1ccc(C/C=C(\N)c2ccccc2)c2c1Cc1ccc(-c3ccc(-c4ccc5c(c4)C=CC4CC=CC=C54)cc3)cc1-2.Cc1ccccc1. The number of nitrogens with two attached hydrogens (primary N) is 2. The third-order valence-electron chi connectivity index (χ3n) is 10.6. The topological polar surface area (TPSA) is 52.0 Å². The predicted octanol–water partition coefficient (Wildman–Crippen LogP) is 12.0. The van der Waals surface area contributed by atoms with Crippen molar-refractivity contribution in [3.63, 3.8) is 0 Å². The minimum atomic E-state index is 0.515. The highest BCUT2D eigenvalue weighted by Crippen LogP contribution is 2.43. The molecule has 0 saturated heterocycles. The Hall–Kier alpha value is -5.96. The maximum absolute atomic E-state index is 6.48. The summed E-state index contributed by atoms with van der Waals surface area (Å²) in [6.45, 7) is 4.32. The molecule has 0 radical (unpaired) electrons. The maximum Gasteiger partial charge on any atom is 0.0350 e. The Bertz CT molecular complexity index is 2340. The van der Waals surface area contributed by atoms with Crippen molar-refractivity contribution in [3.8, 4) is 33.4 Å². The predicted molar refractivity (Wildman–Crippen MR) is 228 cm³/mol. The number of rotatable bonds is 5. The van der Waals surface area contributed by atoms with Crippen LogP contribution in [-0.4, -0.2) is 7.05 Å². The van der Waals surface area contributed by atoms with Crippen LogP contribution in [0.5, 0.6) is 0 Å². The van der Waals surface area contributed by atoms with Gasteiger partial charge in [-0.1, -0.05) is 163 Å². The average Bonchev–Trinajstić information content (AvgIpc) is 3.62. The van der Waals surface area contributed by atoms with Gasteiger partial charge in [0.2, 0.25) is 0 Å². The fourth-order valence-electron chi connectivity index (χ4n) is 7.71. The maximum atomic E-state index is 6.48. The van der Waals surface area contributed by atoms with Crippen molar-refractivity contribution < 1.29 is 0 Å². The van der Waals surface area contributed by atoms with Gasteiger partial charge in [-0.25, -0.2) is 0 Å². The first-order valence-electron chi connectivity index (χ1n) is 18.7. The number of hydrogen-bond donors (Lipinski definition) is 2. The molecule has 2 nitrogen and oxygen atoms in total. The zero-order chi connectivity index (χ0) is 36.7. The monoisotopic (exact) mass is 688 g/mol. The van der Waals surface area contributed by atoms with Crippen molar-refractivity contribution in [2.45, 2.75) is 33.1 Å². The van der Waals surface area contributed by atoms with E-state index in [1.807, 2.05) is 36.4 Å². The number of benzene rings is 6. The summed E-state index contributed by atoms with van der Waals surface area (Å²) in [4.78, 5) is 0. The van der Waals surface area contributed by atoms with Crippen LogP contribution >= 0.6 is 0 Å². The third kappa shape index (κ3) is 7.65. The lowest BCUT2D eigenvalue weighted by Gasteiger charge is -2.25. The fourth-order valence-corrected chi connectivity index (χ4v) is 7.71. The highest BCUT2D eigenvalue weighted by atomic mass is 14.6. The first kappa shape index (κ1) is 35.4. The largest absolute Gasteiger partial charge is 0.398 e. The molecule has 2 heteroatoms. The lowest BCUT2D eigenvalue weighted by atomic mass is 9.80. The third-order valence-corrected chi connectivity index (χ3v) is 10.6. The van der Waals surface area contributed by atoms with Crippen LogP contribution in [0.4, 0.5) is 0 Å². The van der Waals surface area contributed by atoms with Crippen LogP contribution in [0.25, 0.3) is 50.7 Å². The average molecular weight is 689 g/mol. The molecule has 6 aromatic carbocycles. The number of hydrogen-bond acceptors (Lipinski definition) is 2. The first-order valence-corrected chi connectivity index (χ1v) is 18.7. The second-order valence-electron chi connectivity index (χ2n) is 14.0. The molecule has 1 unspecified atom stereocenters. The zero-order valence-corrected chi connectivity index (χ0v) is 31.0. The van der Waals surface area contributed by atoms with Gasteiger partial charge in [-0.05, 0) is 130 Å². The van der Waals surface area contributed by atoms with E-state index in [0.717, 1.165) is 30.5 Å². The molecule has 262 valence electrons. The van der Waals surface area contributed by atoms with Crippen molar-refractivity contribution in [1.82, 2.24) is 0 Å². The number of aryl methyl sites for hydroxylation is 2. The van der Waals surface area contributed by atoms with E-state index in [1.54, 1.807) is 0 Å². The van der Waals surface area contributed by atoms with E-state index in [0.29, 0.717) is 5.92 Å². The second-order valence-corrected chi connectivity index (χ2v) is 14.0. The molecule has 0 amide bonds. The molecule has 0 spiro atoms. The Morgan fingerprint density at radius 1 is 0.698 bits per heavy atom. The van der Waals surface area contributed by atoms with E-state index in [4.69, 9.17) is 5.73 Å². The normalized spacial score (nSPS) is 14.7. The quantitative estimate of drug-likeness (QED) is 0.189. The zero-order valence-electron chi connectivity index (χ0n) is 31.0. The van der Waals surface area contributed by atoms with Crippen molar-refractivity contribution in [1.29, 1.82) is 0 Å². The molecule has 0 aromatic heterocycles. The van der Waals surface area contributed by atoms with Crippen LogP contribution in [0.15, 0.2) is 164 Å². The molecule has 53 heavy (non-hydrogen) atoms. The summed E-state index contributed by atoms with van der Waals surface area (Å²) in [6.07, 6.45) is 16.5. The van der Waals surface area contributed by atoms with E-state index < -0.39 is 0 Å². The van der Waals surface area contributed by atoms with Crippen molar-refractivity contribution in [2.24, 2.45) is 17.4 Å². The van der Waals surface area contributed by atoms with Crippen molar-refractivity contribution in [3.05, 3.63) is 208 Å². The summed E-state index contributed by atoms with van der Waals surface area (Å²) in [5.74, 6) is 0.515. The molecular formula is C51H48N2. The van der Waals surface area contributed by atoms with Crippen LogP contribution in [0, 0.1) is 19.8 Å². The Balaban J connectivity index is 0.000000431. The minimum absolute atomic E-state index is 0.515. The number of fused-ring (bicyclic) bond motifs is 6. The molecule has 4 N–H and O–H groups in total. The summed E-state index contributed by atoms with van der Waals surface area (Å²) in [5.41, 5.74) is 31.6. The Labute approximate surface area is 315 Å². The molecule has 3 aliphatic carbocycles. The Morgan fingerprint density at radius 2 is 1.36 bits per heavy atom. The van der Waals surface area contributed by atoms with Gasteiger partial charge in [0, 0.05) is 11.6 Å². The van der Waals surface area contributed by atoms with Crippen LogP contribution in [0.2, 0.25) is 0 Å². The molecule has 1 atom stereocenters. The van der Waals surface area contributed by atoms with E-state index in [-0.39, 0.29) is 0 Å². The van der Waals surface area contributed by atoms with Gasteiger partial charge < -0.3 is 11.5 Å². The molecule has 6 aromatic rings. The minimum Gasteiger partial charge on any atom is -0.398 e. The molecule has 0 fully saturated rings. The molecule has 0 heterocycles. The van der Waals surface area contributed by atoms with Crippen molar-refractivity contribution >= 4 is 17.3 Å². The second kappa shape index (κ2) is 16.2. The van der Waals surface area contributed by atoms with E-state index in [2.05, 4.69) is 153 Å².